The number of nitrogens with one attached hydrogen (secondary N) is 1. The summed E-state index contributed by atoms with van der Waals surface area (Å²) in [7, 11) is 3.15. The van der Waals surface area contributed by atoms with Gasteiger partial charge < -0.3 is 9.84 Å². The molecule has 0 saturated carbocycles. The third-order valence-corrected chi connectivity index (χ3v) is 3.00. The predicted octanol–water partition coefficient (Wildman–Crippen LogP) is 0.536. The van der Waals surface area contributed by atoms with E-state index in [-0.39, 0.29) is 30.3 Å². The van der Waals surface area contributed by atoms with E-state index in [0.29, 0.717) is 0 Å². The molecule has 6 nitrogen and oxygen atoms in total. The van der Waals surface area contributed by atoms with Crippen LogP contribution in [-0.4, -0.2) is 61.8 Å². The first-order valence-corrected chi connectivity index (χ1v) is 6.76. The van der Waals surface area contributed by atoms with Crippen molar-refractivity contribution in [3.8, 4) is 0 Å². The largest absolute Gasteiger partial charge is 0.389 e. The highest BCUT2D eigenvalue weighted by Crippen LogP contribution is 2.14. The summed E-state index contributed by atoms with van der Waals surface area (Å²) < 4.78 is 4.80. The number of likely N-dealkylation sites (N-methyl/N-ethyl adjacent to an activating group) is 1. The molecule has 0 spiro atoms. The number of methoxy groups -OCH3 is 1. The Bertz CT molecular complexity index is 496. The maximum atomic E-state index is 11.9. The molecule has 1 atom stereocenters. The first kappa shape index (κ1) is 17.6. The van der Waals surface area contributed by atoms with Crippen LogP contribution in [0.4, 0.5) is 0 Å². The second kappa shape index (κ2) is 8.74. The first-order chi connectivity index (χ1) is 9.93. The normalized spacial score (nSPS) is 12.2. The summed E-state index contributed by atoms with van der Waals surface area (Å²) in [6, 6.07) is 6.48. The van der Waals surface area contributed by atoms with Gasteiger partial charge in [0, 0.05) is 13.7 Å². The van der Waals surface area contributed by atoms with Gasteiger partial charge in [-0.2, -0.15) is 0 Å². The second-order valence-corrected chi connectivity index (χ2v) is 5.07. The zero-order chi connectivity index (χ0) is 15.8. The van der Waals surface area contributed by atoms with Crippen LogP contribution in [0, 0.1) is 0 Å². The van der Waals surface area contributed by atoms with E-state index < -0.39 is 17.9 Å². The number of nitrogens with zero attached hydrogens (tertiary/aromatic N) is 1. The summed E-state index contributed by atoms with van der Waals surface area (Å²) in [5.41, 5.74) is 0.245. The molecular weight excluding hydrogens is 296 g/mol. The maximum Gasteiger partial charge on any atom is 0.259 e. The minimum absolute atomic E-state index is 0.0169. The quantitative estimate of drug-likeness (QED) is 0.768. The van der Waals surface area contributed by atoms with Crippen molar-refractivity contribution >= 4 is 23.4 Å². The number of benzene rings is 1. The van der Waals surface area contributed by atoms with Crippen molar-refractivity contribution in [2.24, 2.45) is 0 Å². The molecule has 1 rings (SSSR count). The summed E-state index contributed by atoms with van der Waals surface area (Å²) in [6.07, 6.45) is -0.688. The van der Waals surface area contributed by atoms with E-state index in [4.69, 9.17) is 16.3 Å². The molecule has 1 aromatic rings. The number of carbonyl (C=O) groups is 2. The van der Waals surface area contributed by atoms with Gasteiger partial charge in [0.2, 0.25) is 5.91 Å². The maximum absolute atomic E-state index is 11.9. The van der Waals surface area contributed by atoms with Crippen molar-refractivity contribution in [2.45, 2.75) is 6.10 Å². The fourth-order valence-electron chi connectivity index (χ4n) is 1.79. The van der Waals surface area contributed by atoms with Gasteiger partial charge in [-0.3, -0.25) is 19.8 Å². The molecule has 0 aliphatic carbocycles. The highest BCUT2D eigenvalue weighted by molar-refractivity contribution is 6.34. The van der Waals surface area contributed by atoms with Gasteiger partial charge in [-0.25, -0.2) is 0 Å². The Kier molecular flexibility index (Phi) is 7.31. The number of hydrogen-bond donors (Lipinski definition) is 2. The molecule has 2 N–H and O–H groups in total. The summed E-state index contributed by atoms with van der Waals surface area (Å²) in [5, 5.41) is 12.1. The molecule has 7 heteroatoms. The SMILES string of the molecule is COCC(O)CN(C)CC(=O)NC(=O)c1ccccc1Cl. The average Bonchev–Trinajstić information content (AvgIpc) is 2.38. The molecule has 2 amide bonds. The number of amides is 2. The molecule has 0 bridgehead atoms. The number of hydrogen-bond acceptors (Lipinski definition) is 5. The van der Waals surface area contributed by atoms with Crippen LogP contribution in [0.5, 0.6) is 0 Å². The Morgan fingerprint density at radius 1 is 1.43 bits per heavy atom. The standard InChI is InChI=1S/C14H19ClN2O4/c1-17(7-10(18)9-21-2)8-13(19)16-14(20)11-5-3-4-6-12(11)15/h3-6,10,18H,7-9H2,1-2H3,(H,16,19,20). The van der Waals surface area contributed by atoms with Crippen LogP contribution >= 0.6 is 11.6 Å². The van der Waals surface area contributed by atoms with E-state index >= 15 is 0 Å². The van der Waals surface area contributed by atoms with Gasteiger partial charge in [0.05, 0.1) is 29.8 Å². The van der Waals surface area contributed by atoms with E-state index in [1.807, 2.05) is 0 Å². The van der Waals surface area contributed by atoms with Gasteiger partial charge in [-0.1, -0.05) is 23.7 Å². The van der Waals surface area contributed by atoms with E-state index in [2.05, 4.69) is 5.32 Å². The number of imide groups is 1. The van der Waals surface area contributed by atoms with Crippen LogP contribution in [0.3, 0.4) is 0 Å². The van der Waals surface area contributed by atoms with Gasteiger partial charge >= 0.3 is 0 Å². The van der Waals surface area contributed by atoms with Crippen molar-refractivity contribution in [2.75, 3.05) is 33.9 Å². The molecule has 1 unspecified atom stereocenters. The molecule has 21 heavy (non-hydrogen) atoms. The van der Waals surface area contributed by atoms with E-state index in [9.17, 15) is 14.7 Å². The predicted molar refractivity (Wildman–Crippen MR) is 79.3 cm³/mol. The van der Waals surface area contributed by atoms with Gasteiger partial charge in [0.25, 0.3) is 5.91 Å². The molecule has 0 aliphatic heterocycles. The van der Waals surface area contributed by atoms with Gasteiger partial charge in [0.15, 0.2) is 0 Å². The summed E-state index contributed by atoms with van der Waals surface area (Å²) in [6.45, 7) is 0.434. The first-order valence-electron chi connectivity index (χ1n) is 6.38. The lowest BCUT2D eigenvalue weighted by Crippen LogP contribution is -2.41. The molecule has 0 fully saturated rings. The third-order valence-electron chi connectivity index (χ3n) is 2.67. The highest BCUT2D eigenvalue weighted by atomic mass is 35.5. The number of aliphatic hydroxyl groups excluding tert-OH is 1. The zero-order valence-corrected chi connectivity index (χ0v) is 12.8. The third kappa shape index (κ3) is 6.22. The van der Waals surface area contributed by atoms with Crippen molar-refractivity contribution in [3.05, 3.63) is 34.9 Å². The summed E-state index contributed by atoms with van der Waals surface area (Å²) >= 11 is 5.88. The Labute approximate surface area is 128 Å². The zero-order valence-electron chi connectivity index (χ0n) is 12.0. The number of carbonyl (C=O) groups excluding carboxylic acids is 2. The fourth-order valence-corrected chi connectivity index (χ4v) is 2.01. The molecule has 1 aromatic carbocycles. The Balaban J connectivity index is 2.47. The van der Waals surface area contributed by atoms with Crippen molar-refractivity contribution in [3.63, 3.8) is 0 Å². The molecular formula is C14H19ClN2O4. The molecule has 0 saturated heterocycles. The fraction of sp³-hybridized carbons (Fsp3) is 0.429. The lowest BCUT2D eigenvalue weighted by Gasteiger charge is -2.19. The lowest BCUT2D eigenvalue weighted by molar-refractivity contribution is -0.121. The van der Waals surface area contributed by atoms with Crippen LogP contribution in [0.1, 0.15) is 10.4 Å². The van der Waals surface area contributed by atoms with Gasteiger partial charge in [0.1, 0.15) is 0 Å². The Morgan fingerprint density at radius 3 is 2.71 bits per heavy atom. The summed E-state index contributed by atoms with van der Waals surface area (Å²) in [5.74, 6) is -1.01. The van der Waals surface area contributed by atoms with Crippen LogP contribution in [0.2, 0.25) is 5.02 Å². The Morgan fingerprint density at radius 2 is 2.10 bits per heavy atom. The topological polar surface area (TPSA) is 78.9 Å². The lowest BCUT2D eigenvalue weighted by atomic mass is 10.2. The van der Waals surface area contributed by atoms with Crippen LogP contribution in [-0.2, 0) is 9.53 Å². The van der Waals surface area contributed by atoms with Crippen molar-refractivity contribution < 1.29 is 19.4 Å². The molecule has 0 aliphatic rings. The second-order valence-electron chi connectivity index (χ2n) is 4.66. The average molecular weight is 315 g/mol. The van der Waals surface area contributed by atoms with Gasteiger partial charge in [-0.15, -0.1) is 0 Å². The Hall–Kier alpha value is -1.47. The number of ether oxygens (including phenoxy) is 1. The minimum Gasteiger partial charge on any atom is -0.389 e. The molecule has 0 radical (unpaired) electrons. The van der Waals surface area contributed by atoms with Gasteiger partial charge in [-0.05, 0) is 19.2 Å². The van der Waals surface area contributed by atoms with E-state index in [0.717, 1.165) is 0 Å². The van der Waals surface area contributed by atoms with Crippen molar-refractivity contribution in [1.29, 1.82) is 0 Å². The van der Waals surface area contributed by atoms with E-state index in [1.165, 1.54) is 13.2 Å². The summed E-state index contributed by atoms with van der Waals surface area (Å²) in [4.78, 5) is 25.2. The molecule has 0 aromatic heterocycles. The minimum atomic E-state index is -0.688. The smallest absolute Gasteiger partial charge is 0.259 e. The van der Waals surface area contributed by atoms with Crippen LogP contribution < -0.4 is 5.32 Å². The number of halogens is 1. The van der Waals surface area contributed by atoms with Crippen LogP contribution in [0.25, 0.3) is 0 Å². The van der Waals surface area contributed by atoms with Crippen molar-refractivity contribution in [1.82, 2.24) is 10.2 Å². The number of rotatable bonds is 7. The number of aliphatic hydroxyl groups is 1. The highest BCUT2D eigenvalue weighted by Gasteiger charge is 2.16. The van der Waals surface area contributed by atoms with E-state index in [1.54, 1.807) is 30.1 Å². The van der Waals surface area contributed by atoms with Crippen LogP contribution in [0.15, 0.2) is 24.3 Å². The monoisotopic (exact) mass is 314 g/mol. The molecule has 0 heterocycles. The molecule has 116 valence electrons.